The molecule has 90 valence electrons. The molecule has 18 heavy (non-hydrogen) atoms. The Labute approximate surface area is 107 Å². The summed E-state index contributed by atoms with van der Waals surface area (Å²) in [5.41, 5.74) is 1.41. The number of H-pyrrole nitrogens is 1. The third-order valence-corrected chi connectivity index (χ3v) is 2.83. The van der Waals surface area contributed by atoms with Crippen molar-refractivity contribution in [3.05, 3.63) is 47.6 Å². The van der Waals surface area contributed by atoms with Crippen LogP contribution in [0.3, 0.4) is 0 Å². The van der Waals surface area contributed by atoms with Gasteiger partial charge in [0, 0.05) is 11.9 Å². The molecule has 3 aromatic rings. The summed E-state index contributed by atoms with van der Waals surface area (Å²) < 4.78 is 13.1. The van der Waals surface area contributed by atoms with Crippen molar-refractivity contribution in [2.24, 2.45) is 0 Å². The summed E-state index contributed by atoms with van der Waals surface area (Å²) in [6.45, 7) is 0. The number of benzene rings is 1. The van der Waals surface area contributed by atoms with Crippen LogP contribution >= 0.6 is 11.6 Å². The second-order valence-electron chi connectivity index (χ2n) is 3.72. The zero-order chi connectivity index (χ0) is 12.5. The Kier molecular flexibility index (Phi) is 2.60. The van der Waals surface area contributed by atoms with E-state index in [9.17, 15) is 4.39 Å². The Morgan fingerprint density at radius 1 is 1.22 bits per heavy atom. The number of nitrogens with one attached hydrogen (secondary N) is 2. The highest BCUT2D eigenvalue weighted by molar-refractivity contribution is 6.31. The molecule has 0 atom stereocenters. The van der Waals surface area contributed by atoms with Crippen molar-refractivity contribution in [2.45, 2.75) is 0 Å². The van der Waals surface area contributed by atoms with E-state index in [2.05, 4.69) is 20.3 Å². The first-order valence-corrected chi connectivity index (χ1v) is 5.62. The third kappa shape index (κ3) is 1.89. The topological polar surface area (TPSA) is 53.6 Å². The molecule has 2 aromatic heterocycles. The summed E-state index contributed by atoms with van der Waals surface area (Å²) in [5.74, 6) is 0.195. The Balaban J connectivity index is 2.01. The highest BCUT2D eigenvalue weighted by Gasteiger charge is 2.06. The van der Waals surface area contributed by atoms with Gasteiger partial charge in [-0.2, -0.15) is 0 Å². The highest BCUT2D eigenvalue weighted by atomic mass is 35.5. The third-order valence-electron chi connectivity index (χ3n) is 2.54. The number of nitrogens with zero attached hydrogens (tertiary/aromatic N) is 2. The number of hydrogen-bond acceptors (Lipinski definition) is 3. The van der Waals surface area contributed by atoms with Crippen molar-refractivity contribution in [3.8, 4) is 0 Å². The molecule has 0 fully saturated rings. The summed E-state index contributed by atoms with van der Waals surface area (Å²) in [5, 5.41) is 4.01. The van der Waals surface area contributed by atoms with Gasteiger partial charge in [0.15, 0.2) is 0 Å². The van der Waals surface area contributed by atoms with Crippen molar-refractivity contribution in [1.29, 1.82) is 0 Å². The maximum Gasteiger partial charge on any atom is 0.143 e. The van der Waals surface area contributed by atoms with Crippen LogP contribution in [0.25, 0.3) is 11.0 Å². The standard InChI is InChI=1S/C12H8ClFN4/c13-9-5-7(1-2-10(9)14)18-12-8-3-4-15-11(8)16-6-17-12/h1-6H,(H2,15,16,17,18). The Hall–Kier alpha value is -2.14. The summed E-state index contributed by atoms with van der Waals surface area (Å²) in [7, 11) is 0. The minimum Gasteiger partial charge on any atom is -0.346 e. The molecule has 0 radical (unpaired) electrons. The van der Waals surface area contributed by atoms with E-state index in [1.165, 1.54) is 18.5 Å². The molecule has 6 heteroatoms. The van der Waals surface area contributed by atoms with E-state index >= 15 is 0 Å². The fourth-order valence-corrected chi connectivity index (χ4v) is 1.86. The van der Waals surface area contributed by atoms with Crippen LogP contribution < -0.4 is 5.32 Å². The number of fused-ring (bicyclic) bond motifs is 1. The number of aromatic amines is 1. The van der Waals surface area contributed by atoms with Gasteiger partial charge in [0.1, 0.15) is 23.6 Å². The molecule has 0 aliphatic rings. The van der Waals surface area contributed by atoms with Crippen LogP contribution in [-0.2, 0) is 0 Å². The van der Waals surface area contributed by atoms with Crippen LogP contribution in [0.15, 0.2) is 36.8 Å². The van der Waals surface area contributed by atoms with Crippen LogP contribution in [0, 0.1) is 5.82 Å². The van der Waals surface area contributed by atoms with Gasteiger partial charge in [-0.15, -0.1) is 0 Å². The largest absolute Gasteiger partial charge is 0.346 e. The molecule has 0 unspecified atom stereocenters. The van der Waals surface area contributed by atoms with Crippen LogP contribution in [0.1, 0.15) is 0 Å². The maximum absolute atomic E-state index is 13.1. The monoisotopic (exact) mass is 262 g/mol. The van der Waals surface area contributed by atoms with Gasteiger partial charge in [0.25, 0.3) is 0 Å². The van der Waals surface area contributed by atoms with Gasteiger partial charge < -0.3 is 10.3 Å². The first-order chi connectivity index (χ1) is 8.74. The maximum atomic E-state index is 13.1. The van der Waals surface area contributed by atoms with E-state index in [0.29, 0.717) is 11.5 Å². The van der Waals surface area contributed by atoms with E-state index in [-0.39, 0.29) is 5.02 Å². The quantitative estimate of drug-likeness (QED) is 0.743. The number of anilines is 2. The molecule has 2 heterocycles. The van der Waals surface area contributed by atoms with Crippen LogP contribution in [-0.4, -0.2) is 15.0 Å². The normalized spacial score (nSPS) is 10.8. The molecule has 1 aromatic carbocycles. The molecule has 2 N–H and O–H groups in total. The van der Waals surface area contributed by atoms with Gasteiger partial charge in [-0.3, -0.25) is 0 Å². The van der Waals surface area contributed by atoms with E-state index in [4.69, 9.17) is 11.6 Å². The van der Waals surface area contributed by atoms with E-state index in [0.717, 1.165) is 11.0 Å². The number of aromatic nitrogens is 3. The smallest absolute Gasteiger partial charge is 0.143 e. The fraction of sp³-hybridized carbons (Fsp3) is 0. The molecule has 4 nitrogen and oxygen atoms in total. The van der Waals surface area contributed by atoms with Gasteiger partial charge in [0.2, 0.25) is 0 Å². The minimum absolute atomic E-state index is 0.0689. The zero-order valence-corrected chi connectivity index (χ0v) is 9.87. The summed E-state index contributed by atoms with van der Waals surface area (Å²) >= 11 is 5.72. The molecular weight excluding hydrogens is 255 g/mol. The second-order valence-corrected chi connectivity index (χ2v) is 4.12. The summed E-state index contributed by atoms with van der Waals surface area (Å²) in [6.07, 6.45) is 3.23. The Bertz CT molecular complexity index is 710. The van der Waals surface area contributed by atoms with Crippen molar-refractivity contribution >= 4 is 34.1 Å². The number of halogens is 2. The zero-order valence-electron chi connectivity index (χ0n) is 9.11. The fourth-order valence-electron chi connectivity index (χ4n) is 1.68. The first-order valence-electron chi connectivity index (χ1n) is 5.24. The SMILES string of the molecule is Fc1ccc(Nc2ncnc3[nH]ccc23)cc1Cl. The average Bonchev–Trinajstić information content (AvgIpc) is 2.83. The lowest BCUT2D eigenvalue weighted by Gasteiger charge is -2.06. The van der Waals surface area contributed by atoms with Crippen LogP contribution in [0.5, 0.6) is 0 Å². The summed E-state index contributed by atoms with van der Waals surface area (Å²) in [6, 6.07) is 6.28. The lowest BCUT2D eigenvalue weighted by Crippen LogP contribution is -1.95. The van der Waals surface area contributed by atoms with E-state index < -0.39 is 5.82 Å². The van der Waals surface area contributed by atoms with Gasteiger partial charge >= 0.3 is 0 Å². The molecule has 0 amide bonds. The number of rotatable bonds is 2. The average molecular weight is 263 g/mol. The molecule has 0 spiro atoms. The first kappa shape index (κ1) is 11.0. The highest BCUT2D eigenvalue weighted by Crippen LogP contribution is 2.25. The molecular formula is C12H8ClFN4. The van der Waals surface area contributed by atoms with Crippen LogP contribution in [0.2, 0.25) is 5.02 Å². The lowest BCUT2D eigenvalue weighted by molar-refractivity contribution is 0.628. The molecule has 3 rings (SSSR count). The minimum atomic E-state index is -0.448. The Morgan fingerprint density at radius 2 is 2.11 bits per heavy atom. The molecule has 0 bridgehead atoms. The van der Waals surface area contributed by atoms with Crippen LogP contribution in [0.4, 0.5) is 15.9 Å². The second kappa shape index (κ2) is 4.27. The predicted molar refractivity (Wildman–Crippen MR) is 68.6 cm³/mol. The van der Waals surface area contributed by atoms with Crippen molar-refractivity contribution in [1.82, 2.24) is 15.0 Å². The van der Waals surface area contributed by atoms with Gasteiger partial charge in [-0.25, -0.2) is 14.4 Å². The van der Waals surface area contributed by atoms with Crippen molar-refractivity contribution in [3.63, 3.8) is 0 Å². The lowest BCUT2D eigenvalue weighted by atomic mass is 10.3. The van der Waals surface area contributed by atoms with E-state index in [1.807, 2.05) is 6.07 Å². The van der Waals surface area contributed by atoms with Crippen molar-refractivity contribution in [2.75, 3.05) is 5.32 Å². The van der Waals surface area contributed by atoms with Crippen molar-refractivity contribution < 1.29 is 4.39 Å². The molecule has 0 aliphatic carbocycles. The molecule has 0 saturated carbocycles. The predicted octanol–water partition coefficient (Wildman–Crippen LogP) is 3.49. The summed E-state index contributed by atoms with van der Waals surface area (Å²) in [4.78, 5) is 11.2. The Morgan fingerprint density at radius 3 is 2.94 bits per heavy atom. The van der Waals surface area contributed by atoms with Gasteiger partial charge in [-0.05, 0) is 24.3 Å². The number of hydrogen-bond donors (Lipinski definition) is 2. The van der Waals surface area contributed by atoms with Gasteiger partial charge in [0.05, 0.1) is 10.4 Å². The van der Waals surface area contributed by atoms with E-state index in [1.54, 1.807) is 12.3 Å². The van der Waals surface area contributed by atoms with Gasteiger partial charge in [-0.1, -0.05) is 11.6 Å². The molecule has 0 aliphatic heterocycles. The molecule has 0 saturated heterocycles.